The number of hydrogen-bond donors (Lipinski definition) is 0. The van der Waals surface area contributed by atoms with Crippen molar-refractivity contribution in [2.75, 3.05) is 45.8 Å². The zero-order valence-corrected chi connectivity index (χ0v) is 13.4. The molecular weight excluding hydrogens is 270 g/mol. The van der Waals surface area contributed by atoms with Crippen molar-refractivity contribution in [3.05, 3.63) is 0 Å². The molecule has 0 aromatic rings. The van der Waals surface area contributed by atoms with Crippen molar-refractivity contribution in [2.24, 2.45) is 0 Å². The molecule has 2 unspecified atom stereocenters. The van der Waals surface area contributed by atoms with Gasteiger partial charge in [-0.05, 0) is 20.3 Å². The van der Waals surface area contributed by atoms with Crippen LogP contribution in [0.15, 0.2) is 0 Å². The smallest absolute Gasteiger partial charge is 0.236 e. The largest absolute Gasteiger partial charge is 0.372 e. The minimum atomic E-state index is 0.107. The van der Waals surface area contributed by atoms with Crippen LogP contribution >= 0.6 is 0 Å². The molecule has 0 bridgehead atoms. The van der Waals surface area contributed by atoms with Crippen molar-refractivity contribution in [1.29, 1.82) is 0 Å². The highest BCUT2D eigenvalue weighted by Crippen LogP contribution is 2.12. The Hall–Kier alpha value is -1.14. The molecule has 2 amide bonds. The Morgan fingerprint density at radius 2 is 1.67 bits per heavy atom. The van der Waals surface area contributed by atoms with Crippen molar-refractivity contribution < 1.29 is 14.3 Å². The normalized spacial score (nSPS) is 28.3. The lowest BCUT2D eigenvalue weighted by molar-refractivity contribution is -0.144. The number of morpholine rings is 1. The van der Waals surface area contributed by atoms with Crippen LogP contribution in [0.25, 0.3) is 0 Å². The first kappa shape index (κ1) is 16.2. The molecule has 2 atom stereocenters. The van der Waals surface area contributed by atoms with Crippen LogP contribution in [-0.2, 0) is 14.3 Å². The maximum Gasteiger partial charge on any atom is 0.236 e. The van der Waals surface area contributed by atoms with Crippen LogP contribution in [0.4, 0.5) is 0 Å². The highest BCUT2D eigenvalue weighted by atomic mass is 16.5. The number of amides is 2. The van der Waals surface area contributed by atoms with E-state index in [1.54, 1.807) is 6.92 Å². The van der Waals surface area contributed by atoms with E-state index in [1.165, 1.54) is 0 Å². The molecule has 2 rings (SSSR count). The fourth-order valence-electron chi connectivity index (χ4n) is 3.12. The SMILES string of the molecule is CC(=O)N1CCCN(CC(=O)N2CC(C)OC(C)C2)CC1. The molecule has 0 aromatic carbocycles. The Morgan fingerprint density at radius 1 is 1.00 bits per heavy atom. The average molecular weight is 297 g/mol. The molecule has 2 heterocycles. The van der Waals surface area contributed by atoms with Crippen molar-refractivity contribution in [3.63, 3.8) is 0 Å². The number of carbonyl (C=O) groups excluding carboxylic acids is 2. The molecule has 2 fully saturated rings. The predicted octanol–water partition coefficient (Wildman–Crippen LogP) is 0.176. The van der Waals surface area contributed by atoms with E-state index in [9.17, 15) is 9.59 Å². The van der Waals surface area contributed by atoms with Crippen LogP contribution in [0, 0.1) is 0 Å². The topological polar surface area (TPSA) is 53.1 Å². The monoisotopic (exact) mass is 297 g/mol. The molecule has 120 valence electrons. The van der Waals surface area contributed by atoms with E-state index in [-0.39, 0.29) is 24.0 Å². The zero-order valence-electron chi connectivity index (χ0n) is 13.4. The molecule has 0 aromatic heterocycles. The Morgan fingerprint density at radius 3 is 2.29 bits per heavy atom. The lowest BCUT2D eigenvalue weighted by Crippen LogP contribution is -2.51. The molecule has 6 nitrogen and oxygen atoms in total. The summed E-state index contributed by atoms with van der Waals surface area (Å²) in [6.07, 6.45) is 1.15. The highest BCUT2D eigenvalue weighted by Gasteiger charge is 2.27. The van der Waals surface area contributed by atoms with Gasteiger partial charge in [-0.3, -0.25) is 14.5 Å². The van der Waals surface area contributed by atoms with Crippen LogP contribution < -0.4 is 0 Å². The minimum absolute atomic E-state index is 0.107. The molecule has 21 heavy (non-hydrogen) atoms. The molecular formula is C15H27N3O3. The Labute approximate surface area is 127 Å². The first-order valence-electron chi connectivity index (χ1n) is 7.87. The third-order valence-corrected chi connectivity index (χ3v) is 4.17. The van der Waals surface area contributed by atoms with E-state index >= 15 is 0 Å². The summed E-state index contributed by atoms with van der Waals surface area (Å²) in [6, 6.07) is 0. The average Bonchev–Trinajstić information content (AvgIpc) is 2.63. The molecule has 0 N–H and O–H groups in total. The number of nitrogens with zero attached hydrogens (tertiary/aromatic N) is 3. The van der Waals surface area contributed by atoms with Gasteiger partial charge in [0.25, 0.3) is 0 Å². The fourth-order valence-corrected chi connectivity index (χ4v) is 3.12. The van der Waals surface area contributed by atoms with Gasteiger partial charge >= 0.3 is 0 Å². The van der Waals surface area contributed by atoms with Gasteiger partial charge in [0.05, 0.1) is 18.8 Å². The predicted molar refractivity (Wildman–Crippen MR) is 79.9 cm³/mol. The summed E-state index contributed by atoms with van der Waals surface area (Å²) in [5.74, 6) is 0.298. The molecule has 2 saturated heterocycles. The van der Waals surface area contributed by atoms with Crippen molar-refractivity contribution in [1.82, 2.24) is 14.7 Å². The summed E-state index contributed by atoms with van der Waals surface area (Å²) in [6.45, 7) is 10.6. The van der Waals surface area contributed by atoms with E-state index in [4.69, 9.17) is 4.74 Å². The third-order valence-electron chi connectivity index (χ3n) is 4.17. The second-order valence-corrected chi connectivity index (χ2v) is 6.19. The molecule has 0 saturated carbocycles. The second-order valence-electron chi connectivity index (χ2n) is 6.19. The first-order chi connectivity index (χ1) is 9.95. The summed E-state index contributed by atoms with van der Waals surface area (Å²) < 4.78 is 5.67. The second kappa shape index (κ2) is 7.22. The van der Waals surface area contributed by atoms with Gasteiger partial charge in [0.2, 0.25) is 11.8 Å². The van der Waals surface area contributed by atoms with Gasteiger partial charge in [-0.25, -0.2) is 0 Å². The molecule has 0 spiro atoms. The standard InChI is InChI=1S/C15H27N3O3/c1-12-9-18(10-13(2)21-12)15(20)11-16-5-4-6-17(8-7-16)14(3)19/h12-13H,4-11H2,1-3H3. The van der Waals surface area contributed by atoms with E-state index in [2.05, 4.69) is 4.90 Å². The number of hydrogen-bond acceptors (Lipinski definition) is 4. The number of rotatable bonds is 2. The highest BCUT2D eigenvalue weighted by molar-refractivity contribution is 5.78. The molecule has 2 aliphatic heterocycles. The molecule has 2 aliphatic rings. The number of carbonyl (C=O) groups is 2. The summed E-state index contributed by atoms with van der Waals surface area (Å²) in [5.41, 5.74) is 0. The van der Waals surface area contributed by atoms with Gasteiger partial charge in [-0.2, -0.15) is 0 Å². The van der Waals surface area contributed by atoms with E-state index < -0.39 is 0 Å². The minimum Gasteiger partial charge on any atom is -0.372 e. The van der Waals surface area contributed by atoms with Crippen LogP contribution in [0.1, 0.15) is 27.2 Å². The summed E-state index contributed by atoms with van der Waals surface area (Å²) >= 11 is 0. The van der Waals surface area contributed by atoms with Crippen LogP contribution in [0.3, 0.4) is 0 Å². The van der Waals surface area contributed by atoms with Gasteiger partial charge in [0.1, 0.15) is 0 Å². The van der Waals surface area contributed by atoms with Gasteiger partial charge in [0.15, 0.2) is 0 Å². The first-order valence-corrected chi connectivity index (χ1v) is 7.87. The molecule has 6 heteroatoms. The number of ether oxygens (including phenoxy) is 1. The Bertz CT molecular complexity index is 378. The van der Waals surface area contributed by atoms with Crippen molar-refractivity contribution in [2.45, 2.75) is 39.4 Å². The quantitative estimate of drug-likeness (QED) is 0.729. The van der Waals surface area contributed by atoms with Gasteiger partial charge in [-0.15, -0.1) is 0 Å². The van der Waals surface area contributed by atoms with E-state index in [1.807, 2.05) is 23.6 Å². The lowest BCUT2D eigenvalue weighted by atomic mass is 10.2. The maximum atomic E-state index is 12.4. The molecule has 0 aliphatic carbocycles. The fraction of sp³-hybridized carbons (Fsp3) is 0.867. The van der Waals surface area contributed by atoms with Crippen molar-refractivity contribution in [3.8, 4) is 0 Å². The Kier molecular flexibility index (Phi) is 5.58. The third kappa shape index (κ3) is 4.68. The summed E-state index contributed by atoms with van der Waals surface area (Å²) in [4.78, 5) is 29.8. The van der Waals surface area contributed by atoms with Gasteiger partial charge in [0, 0.05) is 46.2 Å². The molecule has 0 radical (unpaired) electrons. The zero-order chi connectivity index (χ0) is 15.4. The lowest BCUT2D eigenvalue weighted by Gasteiger charge is -2.36. The Balaban J connectivity index is 1.83. The van der Waals surface area contributed by atoms with E-state index in [0.29, 0.717) is 19.6 Å². The summed E-state index contributed by atoms with van der Waals surface area (Å²) in [7, 11) is 0. The van der Waals surface area contributed by atoms with Gasteiger partial charge in [-0.1, -0.05) is 0 Å². The van der Waals surface area contributed by atoms with Gasteiger partial charge < -0.3 is 14.5 Å². The van der Waals surface area contributed by atoms with Crippen LogP contribution in [-0.4, -0.2) is 84.5 Å². The van der Waals surface area contributed by atoms with Crippen LogP contribution in [0.5, 0.6) is 0 Å². The maximum absolute atomic E-state index is 12.4. The summed E-state index contributed by atoms with van der Waals surface area (Å²) in [5, 5.41) is 0. The van der Waals surface area contributed by atoms with E-state index in [0.717, 1.165) is 32.6 Å². The van der Waals surface area contributed by atoms with Crippen molar-refractivity contribution >= 4 is 11.8 Å². The van der Waals surface area contributed by atoms with Crippen LogP contribution in [0.2, 0.25) is 0 Å².